The van der Waals surface area contributed by atoms with Crippen molar-refractivity contribution in [2.45, 2.75) is 18.9 Å². The van der Waals surface area contributed by atoms with Crippen molar-refractivity contribution in [2.24, 2.45) is 7.05 Å². The van der Waals surface area contributed by atoms with Gasteiger partial charge in [-0.25, -0.2) is 4.98 Å². The molecule has 0 spiro atoms. The summed E-state index contributed by atoms with van der Waals surface area (Å²) >= 11 is 0. The molecule has 0 fully saturated rings. The highest BCUT2D eigenvalue weighted by molar-refractivity contribution is 5.76. The Morgan fingerprint density at radius 2 is 2.60 bits per heavy atom. The molecular formula is C10H16N4O. The zero-order chi connectivity index (χ0) is 10.8. The second-order valence-electron chi connectivity index (χ2n) is 3.82. The molecule has 0 radical (unpaired) electrons. The lowest BCUT2D eigenvalue weighted by Gasteiger charge is -2.24. The molecule has 2 N–H and O–H groups in total. The summed E-state index contributed by atoms with van der Waals surface area (Å²) in [4.78, 5) is 15.7. The number of aryl methyl sites for hydroxylation is 1. The largest absolute Gasteiger partial charge is 0.359 e. The van der Waals surface area contributed by atoms with E-state index in [1.54, 1.807) is 7.05 Å². The third kappa shape index (κ3) is 1.87. The summed E-state index contributed by atoms with van der Waals surface area (Å²) in [5.41, 5.74) is 2.26. The Bertz CT molecular complexity index is 371. The first-order valence-corrected chi connectivity index (χ1v) is 5.16. The van der Waals surface area contributed by atoms with Gasteiger partial charge in [0, 0.05) is 33.5 Å². The molecule has 0 saturated heterocycles. The normalized spacial score (nSPS) is 19.7. The van der Waals surface area contributed by atoms with E-state index >= 15 is 0 Å². The molecule has 1 amide bonds. The highest BCUT2D eigenvalue weighted by Gasteiger charge is 2.25. The van der Waals surface area contributed by atoms with E-state index in [0.717, 1.165) is 24.4 Å². The molecule has 5 nitrogen and oxygen atoms in total. The van der Waals surface area contributed by atoms with Crippen LogP contribution in [0, 0.1) is 0 Å². The van der Waals surface area contributed by atoms with Crippen LogP contribution in [0.1, 0.15) is 23.9 Å². The minimum Gasteiger partial charge on any atom is -0.359 e. The smallest absolute Gasteiger partial charge is 0.221 e. The highest BCUT2D eigenvalue weighted by atomic mass is 16.1. The number of carbonyl (C=O) groups excluding carboxylic acids is 1. The van der Waals surface area contributed by atoms with Gasteiger partial charge < -0.3 is 15.2 Å². The summed E-state index contributed by atoms with van der Waals surface area (Å²) in [6.07, 6.45) is 3.23. The van der Waals surface area contributed by atoms with Gasteiger partial charge in [-0.15, -0.1) is 0 Å². The van der Waals surface area contributed by atoms with Gasteiger partial charge in [0.1, 0.15) is 0 Å². The Hall–Kier alpha value is -1.36. The van der Waals surface area contributed by atoms with Gasteiger partial charge in [0.15, 0.2) is 0 Å². The summed E-state index contributed by atoms with van der Waals surface area (Å²) < 4.78 is 2.00. The number of imidazole rings is 1. The number of aromatic nitrogens is 2. The van der Waals surface area contributed by atoms with E-state index in [1.165, 1.54) is 0 Å². The number of carbonyl (C=O) groups is 1. The van der Waals surface area contributed by atoms with Crippen LogP contribution in [0.4, 0.5) is 0 Å². The van der Waals surface area contributed by atoms with Crippen molar-refractivity contribution in [3.8, 4) is 0 Å². The standard InChI is InChI=1S/C10H16N4O/c1-11-9(15)5-8-10-7(3-4-12-8)13-6-14(10)2/h6,8,12H,3-5H2,1-2H3,(H,11,15). The summed E-state index contributed by atoms with van der Waals surface area (Å²) in [5.74, 6) is 0.0570. The fourth-order valence-electron chi connectivity index (χ4n) is 2.05. The number of fused-ring (bicyclic) bond motifs is 1. The maximum absolute atomic E-state index is 11.3. The van der Waals surface area contributed by atoms with Crippen molar-refractivity contribution < 1.29 is 4.79 Å². The van der Waals surface area contributed by atoms with E-state index in [-0.39, 0.29) is 11.9 Å². The molecule has 1 aliphatic rings. The Morgan fingerprint density at radius 1 is 1.80 bits per heavy atom. The molecule has 82 valence electrons. The number of nitrogens with one attached hydrogen (secondary N) is 2. The second-order valence-corrected chi connectivity index (χ2v) is 3.82. The number of rotatable bonds is 2. The lowest BCUT2D eigenvalue weighted by molar-refractivity contribution is -0.121. The van der Waals surface area contributed by atoms with Gasteiger partial charge in [0.2, 0.25) is 5.91 Å². The third-order valence-electron chi connectivity index (χ3n) is 2.81. The SMILES string of the molecule is CNC(=O)CC1NCCc2ncn(C)c21. The summed E-state index contributed by atoms with van der Waals surface area (Å²) in [5, 5.41) is 5.99. The zero-order valence-electron chi connectivity index (χ0n) is 9.08. The van der Waals surface area contributed by atoms with E-state index in [1.807, 2.05) is 17.9 Å². The van der Waals surface area contributed by atoms with Gasteiger partial charge in [0.25, 0.3) is 0 Å². The molecule has 0 saturated carbocycles. The van der Waals surface area contributed by atoms with Gasteiger partial charge in [0.05, 0.1) is 23.8 Å². The molecule has 2 heterocycles. The number of amides is 1. The van der Waals surface area contributed by atoms with Gasteiger partial charge in [-0.05, 0) is 0 Å². The van der Waals surface area contributed by atoms with E-state index in [0.29, 0.717) is 6.42 Å². The van der Waals surface area contributed by atoms with Crippen LogP contribution in [0.15, 0.2) is 6.33 Å². The Balaban J connectivity index is 2.21. The Kier molecular flexibility index (Phi) is 2.73. The van der Waals surface area contributed by atoms with Crippen LogP contribution >= 0.6 is 0 Å². The molecule has 15 heavy (non-hydrogen) atoms. The maximum atomic E-state index is 11.3. The van der Waals surface area contributed by atoms with Gasteiger partial charge >= 0.3 is 0 Å². The Labute approximate surface area is 88.9 Å². The van der Waals surface area contributed by atoms with Crippen LogP contribution in [0.2, 0.25) is 0 Å². The maximum Gasteiger partial charge on any atom is 0.221 e. The molecule has 0 bridgehead atoms. The number of nitrogens with zero attached hydrogens (tertiary/aromatic N) is 2. The van der Waals surface area contributed by atoms with Gasteiger partial charge in [-0.1, -0.05) is 0 Å². The van der Waals surface area contributed by atoms with Crippen molar-refractivity contribution >= 4 is 5.91 Å². The van der Waals surface area contributed by atoms with Gasteiger partial charge in [-0.2, -0.15) is 0 Å². The molecular weight excluding hydrogens is 192 g/mol. The number of hydrogen-bond donors (Lipinski definition) is 2. The highest BCUT2D eigenvalue weighted by Crippen LogP contribution is 2.23. The molecule has 1 unspecified atom stereocenters. The number of hydrogen-bond acceptors (Lipinski definition) is 3. The van der Waals surface area contributed by atoms with Crippen molar-refractivity contribution in [2.75, 3.05) is 13.6 Å². The molecule has 0 aliphatic carbocycles. The van der Waals surface area contributed by atoms with E-state index < -0.39 is 0 Å². The van der Waals surface area contributed by atoms with Crippen LogP contribution in [-0.2, 0) is 18.3 Å². The predicted molar refractivity (Wildman–Crippen MR) is 56.3 cm³/mol. The molecule has 1 atom stereocenters. The predicted octanol–water partition coefficient (Wildman–Crippen LogP) is -0.257. The quantitative estimate of drug-likeness (QED) is 0.704. The average Bonchev–Trinajstić information content (AvgIpc) is 2.61. The van der Waals surface area contributed by atoms with Crippen molar-refractivity contribution in [1.82, 2.24) is 20.2 Å². The van der Waals surface area contributed by atoms with Crippen LogP contribution in [-0.4, -0.2) is 29.1 Å². The average molecular weight is 208 g/mol. The topological polar surface area (TPSA) is 59.0 Å². The van der Waals surface area contributed by atoms with Crippen molar-refractivity contribution in [1.29, 1.82) is 0 Å². The lowest BCUT2D eigenvalue weighted by Crippen LogP contribution is -2.34. The van der Waals surface area contributed by atoms with Crippen LogP contribution in [0.5, 0.6) is 0 Å². The fourth-order valence-corrected chi connectivity index (χ4v) is 2.05. The minimum absolute atomic E-state index is 0.0570. The van der Waals surface area contributed by atoms with Crippen LogP contribution in [0.3, 0.4) is 0 Å². The first-order valence-electron chi connectivity index (χ1n) is 5.16. The molecule has 0 aromatic carbocycles. The molecule has 5 heteroatoms. The second kappa shape index (κ2) is 4.02. The van der Waals surface area contributed by atoms with E-state index in [9.17, 15) is 4.79 Å². The monoisotopic (exact) mass is 208 g/mol. The minimum atomic E-state index is 0.0570. The van der Waals surface area contributed by atoms with Crippen molar-refractivity contribution in [3.63, 3.8) is 0 Å². The summed E-state index contributed by atoms with van der Waals surface area (Å²) in [7, 11) is 3.63. The fraction of sp³-hybridized carbons (Fsp3) is 0.600. The zero-order valence-corrected chi connectivity index (χ0v) is 9.08. The summed E-state index contributed by atoms with van der Waals surface area (Å²) in [6.45, 7) is 0.895. The lowest BCUT2D eigenvalue weighted by atomic mass is 10.0. The first-order chi connectivity index (χ1) is 7.22. The molecule has 1 aromatic rings. The molecule has 1 aromatic heterocycles. The van der Waals surface area contributed by atoms with E-state index in [2.05, 4.69) is 15.6 Å². The summed E-state index contributed by atoms with van der Waals surface area (Å²) in [6, 6.07) is 0.0983. The molecule has 2 rings (SSSR count). The van der Waals surface area contributed by atoms with Crippen LogP contribution in [0.25, 0.3) is 0 Å². The third-order valence-corrected chi connectivity index (χ3v) is 2.81. The Morgan fingerprint density at radius 3 is 3.33 bits per heavy atom. The van der Waals surface area contributed by atoms with Gasteiger partial charge in [-0.3, -0.25) is 4.79 Å². The first kappa shape index (κ1) is 10.2. The van der Waals surface area contributed by atoms with E-state index in [4.69, 9.17) is 0 Å². The van der Waals surface area contributed by atoms with Crippen LogP contribution < -0.4 is 10.6 Å². The molecule has 1 aliphatic heterocycles. The van der Waals surface area contributed by atoms with Crippen molar-refractivity contribution in [3.05, 3.63) is 17.7 Å².